The summed E-state index contributed by atoms with van der Waals surface area (Å²) < 4.78 is 25.6. The van der Waals surface area contributed by atoms with Gasteiger partial charge in [0, 0.05) is 0 Å². The van der Waals surface area contributed by atoms with E-state index in [0.717, 1.165) is 0 Å². The zero-order valence-electron chi connectivity index (χ0n) is 4.39. The third kappa shape index (κ3) is 32.2. The van der Waals surface area contributed by atoms with Gasteiger partial charge in [0.1, 0.15) is 14.2 Å². The molecule has 0 fully saturated rings. The molecule has 0 aliphatic carbocycles. The minimum absolute atomic E-state index is 0.465. The Labute approximate surface area is 55.5 Å². The van der Waals surface area contributed by atoms with E-state index in [4.69, 9.17) is 9.32 Å². The van der Waals surface area contributed by atoms with Crippen LogP contribution in [0.1, 0.15) is 0 Å². The lowest BCUT2D eigenvalue weighted by Crippen LogP contribution is -1.99. The molecule has 0 atom stereocenters. The Bertz CT molecular complexity index is 20.0. The average Bonchev–Trinajstić information content (AvgIpc) is 1.88. The highest BCUT2D eigenvalue weighted by Gasteiger charge is 1.67. The SMILES string of the molecule is CO[Cl+][O-].CO[Cl+][O-]. The van der Waals surface area contributed by atoms with Crippen LogP contribution in [0.5, 0.6) is 0 Å². The van der Waals surface area contributed by atoms with Crippen LogP contribution in [-0.4, -0.2) is 14.2 Å². The second-order valence-electron chi connectivity index (χ2n) is 0.435. The molecule has 0 radical (unpaired) electrons. The van der Waals surface area contributed by atoms with Crippen molar-refractivity contribution in [3.05, 3.63) is 0 Å². The molecule has 0 spiro atoms. The van der Waals surface area contributed by atoms with Gasteiger partial charge in [-0.3, -0.25) is 0 Å². The molecule has 0 aromatic heterocycles. The van der Waals surface area contributed by atoms with Crippen LogP contribution in [0.25, 0.3) is 0 Å². The Morgan fingerprint density at radius 1 is 1.00 bits per heavy atom. The zero-order chi connectivity index (χ0) is 6.83. The van der Waals surface area contributed by atoms with Crippen LogP contribution in [0, 0.1) is 22.7 Å². The van der Waals surface area contributed by atoms with Crippen molar-refractivity contribution in [2.75, 3.05) is 14.2 Å². The molecule has 0 heterocycles. The predicted molar refractivity (Wildman–Crippen MR) is 14.0 cm³/mol. The van der Waals surface area contributed by atoms with Gasteiger partial charge in [-0.2, -0.15) is 0 Å². The van der Waals surface area contributed by atoms with Crippen molar-refractivity contribution < 1.29 is 40.5 Å². The molecule has 0 bridgehead atoms. The van der Waals surface area contributed by atoms with E-state index in [2.05, 4.69) is 8.58 Å². The Balaban J connectivity index is 0. The summed E-state index contributed by atoms with van der Waals surface area (Å²) in [6, 6.07) is 0. The number of hydrogen-bond acceptors (Lipinski definition) is 4. The maximum Gasteiger partial charge on any atom is 0.330 e. The summed E-state index contributed by atoms with van der Waals surface area (Å²) in [5.41, 5.74) is 0. The molecule has 0 aromatic rings. The zero-order valence-corrected chi connectivity index (χ0v) is 5.90. The molecular formula is C2H6Cl2O4. The van der Waals surface area contributed by atoms with E-state index in [9.17, 15) is 0 Å². The first kappa shape index (κ1) is 11.2. The molecule has 0 N–H and O–H groups in total. The van der Waals surface area contributed by atoms with Crippen molar-refractivity contribution in [1.82, 2.24) is 0 Å². The quantitative estimate of drug-likeness (QED) is 0.466. The van der Waals surface area contributed by atoms with E-state index < -0.39 is 0 Å². The van der Waals surface area contributed by atoms with Gasteiger partial charge in [-0.15, -0.1) is 8.58 Å². The predicted octanol–water partition coefficient (Wildman–Crippen LogP) is -2.18. The van der Waals surface area contributed by atoms with Gasteiger partial charge in [0.25, 0.3) is 0 Å². The number of halogens is 2. The minimum atomic E-state index is 0.465. The van der Waals surface area contributed by atoms with Crippen molar-refractivity contribution >= 4 is 0 Å². The van der Waals surface area contributed by atoms with E-state index in [1.54, 1.807) is 0 Å². The smallest absolute Gasteiger partial charge is 0.330 e. The monoisotopic (exact) mass is 164 g/mol. The van der Waals surface area contributed by atoms with E-state index in [1.165, 1.54) is 14.2 Å². The molecule has 0 saturated heterocycles. The van der Waals surface area contributed by atoms with E-state index in [0.29, 0.717) is 22.7 Å². The second kappa shape index (κ2) is 15.7. The molecule has 0 unspecified atom stereocenters. The topological polar surface area (TPSA) is 64.6 Å². The van der Waals surface area contributed by atoms with Crippen LogP contribution in [0.4, 0.5) is 0 Å². The molecule has 4 nitrogen and oxygen atoms in total. The maximum absolute atomic E-state index is 8.94. The van der Waals surface area contributed by atoms with Gasteiger partial charge >= 0.3 is 22.7 Å². The average molecular weight is 165 g/mol. The Hall–Kier alpha value is 0.420. The second-order valence-corrected chi connectivity index (χ2v) is 1.30. The lowest BCUT2D eigenvalue weighted by Gasteiger charge is -1.63. The maximum atomic E-state index is 8.94. The number of hydrogen-bond donors (Lipinski definition) is 0. The number of rotatable bonds is 2. The summed E-state index contributed by atoms with van der Waals surface area (Å²) in [5.74, 6) is 0. The summed E-state index contributed by atoms with van der Waals surface area (Å²) in [4.78, 5) is 0. The Morgan fingerprint density at radius 2 is 1.12 bits per heavy atom. The Morgan fingerprint density at radius 3 is 1.12 bits per heavy atom. The standard InChI is InChI=1S/2CH3ClO2/c2*1-4-2-3/h2*1H3. The summed E-state index contributed by atoms with van der Waals surface area (Å²) in [6.07, 6.45) is 0. The van der Waals surface area contributed by atoms with Gasteiger partial charge in [-0.05, 0) is 0 Å². The summed E-state index contributed by atoms with van der Waals surface area (Å²) >= 11 is 0.929. The fourth-order valence-corrected chi connectivity index (χ4v) is 0. The molecule has 8 heavy (non-hydrogen) atoms. The van der Waals surface area contributed by atoms with E-state index in [1.807, 2.05) is 0 Å². The van der Waals surface area contributed by atoms with Crippen LogP contribution in [0.15, 0.2) is 0 Å². The van der Waals surface area contributed by atoms with Crippen molar-refractivity contribution in [2.24, 2.45) is 0 Å². The lowest BCUT2D eigenvalue weighted by atomic mass is 11.8. The molecular weight excluding hydrogens is 159 g/mol. The van der Waals surface area contributed by atoms with Gasteiger partial charge in [0.2, 0.25) is 0 Å². The van der Waals surface area contributed by atoms with Crippen molar-refractivity contribution in [1.29, 1.82) is 0 Å². The lowest BCUT2D eigenvalue weighted by molar-refractivity contribution is -1.27. The highest BCUT2D eigenvalue weighted by atomic mass is 35.6. The van der Waals surface area contributed by atoms with Crippen molar-refractivity contribution in [2.45, 2.75) is 0 Å². The highest BCUT2D eigenvalue weighted by molar-refractivity contribution is 3.29. The van der Waals surface area contributed by atoms with Crippen molar-refractivity contribution in [3.63, 3.8) is 0 Å². The molecule has 52 valence electrons. The molecule has 0 rings (SSSR count). The van der Waals surface area contributed by atoms with Crippen LogP contribution >= 0.6 is 0 Å². The molecule has 0 aliphatic rings. The van der Waals surface area contributed by atoms with Gasteiger partial charge in [0.15, 0.2) is 0 Å². The molecule has 0 amide bonds. The summed E-state index contributed by atoms with van der Waals surface area (Å²) in [7, 11) is 2.61. The Kier molecular flexibility index (Phi) is 22.0. The van der Waals surface area contributed by atoms with Crippen LogP contribution in [0.2, 0.25) is 0 Å². The minimum Gasteiger partial charge on any atom is -0.506 e. The normalized spacial score (nSPS) is 7.50. The molecule has 6 heteroatoms. The fourth-order valence-electron chi connectivity index (χ4n) is 0. The van der Waals surface area contributed by atoms with Crippen molar-refractivity contribution in [3.8, 4) is 0 Å². The van der Waals surface area contributed by atoms with Gasteiger partial charge < -0.3 is 9.32 Å². The van der Waals surface area contributed by atoms with Crippen LogP contribution in [-0.2, 0) is 8.58 Å². The largest absolute Gasteiger partial charge is 0.506 e. The van der Waals surface area contributed by atoms with Crippen LogP contribution < -0.4 is 9.32 Å². The molecule has 0 saturated carbocycles. The van der Waals surface area contributed by atoms with Crippen LogP contribution in [0.3, 0.4) is 0 Å². The highest BCUT2D eigenvalue weighted by Crippen LogP contribution is 1.46. The third-order valence-corrected chi connectivity index (χ3v) is 0.378. The molecule has 0 aliphatic heterocycles. The first-order chi connectivity index (χ1) is 3.83. The van der Waals surface area contributed by atoms with E-state index in [-0.39, 0.29) is 0 Å². The first-order valence-electron chi connectivity index (χ1n) is 1.43. The van der Waals surface area contributed by atoms with Gasteiger partial charge in [0.05, 0.1) is 0 Å². The molecule has 0 aromatic carbocycles. The summed E-state index contributed by atoms with van der Waals surface area (Å²) in [5, 5.41) is 0. The summed E-state index contributed by atoms with van der Waals surface area (Å²) in [6.45, 7) is 0. The first-order valence-corrected chi connectivity index (χ1v) is 2.67. The van der Waals surface area contributed by atoms with E-state index >= 15 is 0 Å². The van der Waals surface area contributed by atoms with Gasteiger partial charge in [-0.25, -0.2) is 0 Å². The third-order valence-electron chi connectivity index (χ3n) is 0.126. The fraction of sp³-hybridized carbons (Fsp3) is 1.00. The van der Waals surface area contributed by atoms with Gasteiger partial charge in [-0.1, -0.05) is 0 Å².